The van der Waals surface area contributed by atoms with Gasteiger partial charge in [0.25, 0.3) is 0 Å². The lowest BCUT2D eigenvalue weighted by Crippen LogP contribution is -2.25. The third-order valence-corrected chi connectivity index (χ3v) is 4.04. The molecule has 1 unspecified atom stereocenters. The highest BCUT2D eigenvalue weighted by molar-refractivity contribution is 5.26. The zero-order chi connectivity index (χ0) is 12.5. The first kappa shape index (κ1) is 12.6. The van der Waals surface area contributed by atoms with E-state index in [0.717, 1.165) is 6.54 Å². The summed E-state index contributed by atoms with van der Waals surface area (Å²) in [6.45, 7) is 10.3. The molecule has 1 aromatic rings. The Morgan fingerprint density at radius 3 is 2.06 bits per heavy atom. The summed E-state index contributed by atoms with van der Waals surface area (Å²) in [4.78, 5) is 0. The Balaban J connectivity index is 1.91. The zero-order valence-corrected chi connectivity index (χ0v) is 11.6. The van der Waals surface area contributed by atoms with E-state index in [0.29, 0.717) is 17.4 Å². The molecule has 1 saturated carbocycles. The standard InChI is InChI=1S/C16H25N/c1-12(2)14-5-7-15(8-6-14)13(3)17-11-16(4)9-10-16/h5-8,12-13,17H,9-11H2,1-4H3. The summed E-state index contributed by atoms with van der Waals surface area (Å²) >= 11 is 0. The van der Waals surface area contributed by atoms with Crippen LogP contribution in [0.4, 0.5) is 0 Å². The molecular formula is C16H25N. The lowest BCUT2D eigenvalue weighted by Gasteiger charge is -2.18. The highest BCUT2D eigenvalue weighted by atomic mass is 14.9. The Hall–Kier alpha value is -0.820. The van der Waals surface area contributed by atoms with Crippen LogP contribution in [0.2, 0.25) is 0 Å². The van der Waals surface area contributed by atoms with Crippen LogP contribution < -0.4 is 5.32 Å². The fraction of sp³-hybridized carbons (Fsp3) is 0.625. The normalized spacial score (nSPS) is 19.4. The maximum absolute atomic E-state index is 3.65. The van der Waals surface area contributed by atoms with Crippen molar-refractivity contribution in [2.75, 3.05) is 6.54 Å². The van der Waals surface area contributed by atoms with E-state index < -0.39 is 0 Å². The molecule has 1 atom stereocenters. The molecule has 0 amide bonds. The van der Waals surface area contributed by atoms with Crippen LogP contribution in [0.15, 0.2) is 24.3 Å². The van der Waals surface area contributed by atoms with Crippen molar-refractivity contribution in [1.82, 2.24) is 5.32 Å². The fourth-order valence-corrected chi connectivity index (χ4v) is 2.08. The molecule has 1 aliphatic carbocycles. The number of rotatable bonds is 5. The van der Waals surface area contributed by atoms with Crippen LogP contribution >= 0.6 is 0 Å². The van der Waals surface area contributed by atoms with E-state index in [1.807, 2.05) is 0 Å². The second-order valence-electron chi connectivity index (χ2n) is 6.23. The molecule has 2 rings (SSSR count). The maximum atomic E-state index is 3.65. The van der Waals surface area contributed by atoms with Gasteiger partial charge in [-0.3, -0.25) is 0 Å². The summed E-state index contributed by atoms with van der Waals surface area (Å²) in [5, 5.41) is 3.65. The molecule has 17 heavy (non-hydrogen) atoms. The molecule has 1 aliphatic rings. The third-order valence-electron chi connectivity index (χ3n) is 4.04. The SMILES string of the molecule is CC(C)c1ccc(C(C)NCC2(C)CC2)cc1. The van der Waals surface area contributed by atoms with Crippen molar-refractivity contribution in [1.29, 1.82) is 0 Å². The van der Waals surface area contributed by atoms with Crippen LogP contribution in [-0.4, -0.2) is 6.54 Å². The van der Waals surface area contributed by atoms with Gasteiger partial charge in [-0.2, -0.15) is 0 Å². The quantitative estimate of drug-likeness (QED) is 0.798. The van der Waals surface area contributed by atoms with Gasteiger partial charge >= 0.3 is 0 Å². The number of hydrogen-bond acceptors (Lipinski definition) is 1. The highest BCUT2D eigenvalue weighted by Crippen LogP contribution is 2.44. The van der Waals surface area contributed by atoms with Crippen LogP contribution in [0.1, 0.15) is 63.6 Å². The van der Waals surface area contributed by atoms with Crippen LogP contribution in [0, 0.1) is 5.41 Å². The zero-order valence-electron chi connectivity index (χ0n) is 11.6. The van der Waals surface area contributed by atoms with Gasteiger partial charge in [0, 0.05) is 12.6 Å². The molecular weight excluding hydrogens is 206 g/mol. The van der Waals surface area contributed by atoms with Crippen molar-refractivity contribution < 1.29 is 0 Å². The Bertz CT molecular complexity index is 360. The lowest BCUT2D eigenvalue weighted by atomic mass is 9.99. The Kier molecular flexibility index (Phi) is 3.58. The monoisotopic (exact) mass is 231 g/mol. The first-order chi connectivity index (χ1) is 8.00. The molecule has 1 aromatic carbocycles. The Morgan fingerprint density at radius 2 is 1.59 bits per heavy atom. The van der Waals surface area contributed by atoms with E-state index in [9.17, 15) is 0 Å². The van der Waals surface area contributed by atoms with Crippen LogP contribution in [0.25, 0.3) is 0 Å². The van der Waals surface area contributed by atoms with Crippen molar-refractivity contribution >= 4 is 0 Å². The van der Waals surface area contributed by atoms with E-state index >= 15 is 0 Å². The van der Waals surface area contributed by atoms with E-state index in [-0.39, 0.29) is 0 Å². The summed E-state index contributed by atoms with van der Waals surface area (Å²) in [6.07, 6.45) is 2.78. The van der Waals surface area contributed by atoms with Gasteiger partial charge in [0.15, 0.2) is 0 Å². The highest BCUT2D eigenvalue weighted by Gasteiger charge is 2.36. The average molecular weight is 231 g/mol. The average Bonchev–Trinajstić information content (AvgIpc) is 3.05. The molecule has 0 aliphatic heterocycles. The fourth-order valence-electron chi connectivity index (χ4n) is 2.08. The first-order valence-corrected chi connectivity index (χ1v) is 6.83. The van der Waals surface area contributed by atoms with Gasteiger partial charge < -0.3 is 5.32 Å². The van der Waals surface area contributed by atoms with Crippen molar-refractivity contribution in [2.45, 2.75) is 52.5 Å². The van der Waals surface area contributed by atoms with E-state index in [4.69, 9.17) is 0 Å². The van der Waals surface area contributed by atoms with Crippen molar-refractivity contribution in [2.24, 2.45) is 5.41 Å². The van der Waals surface area contributed by atoms with Gasteiger partial charge in [-0.15, -0.1) is 0 Å². The summed E-state index contributed by atoms with van der Waals surface area (Å²) in [5.41, 5.74) is 3.42. The Labute approximate surface area is 106 Å². The molecule has 0 aromatic heterocycles. The number of hydrogen-bond donors (Lipinski definition) is 1. The lowest BCUT2D eigenvalue weighted by molar-refractivity contribution is 0.457. The molecule has 94 valence electrons. The number of benzene rings is 1. The Morgan fingerprint density at radius 1 is 1.06 bits per heavy atom. The molecule has 1 nitrogen and oxygen atoms in total. The topological polar surface area (TPSA) is 12.0 Å². The van der Waals surface area contributed by atoms with Crippen LogP contribution in [-0.2, 0) is 0 Å². The van der Waals surface area contributed by atoms with Crippen molar-refractivity contribution in [3.63, 3.8) is 0 Å². The van der Waals surface area contributed by atoms with Gasteiger partial charge in [0.05, 0.1) is 0 Å². The predicted octanol–water partition coefficient (Wildman–Crippen LogP) is 4.26. The molecule has 0 radical (unpaired) electrons. The molecule has 1 heteroatoms. The third kappa shape index (κ3) is 3.32. The van der Waals surface area contributed by atoms with Gasteiger partial charge in [0.1, 0.15) is 0 Å². The second-order valence-corrected chi connectivity index (χ2v) is 6.23. The van der Waals surface area contributed by atoms with Gasteiger partial charge in [-0.05, 0) is 42.2 Å². The van der Waals surface area contributed by atoms with Gasteiger partial charge in [-0.1, -0.05) is 45.0 Å². The van der Waals surface area contributed by atoms with Gasteiger partial charge in [-0.25, -0.2) is 0 Å². The molecule has 1 fully saturated rings. The molecule has 0 saturated heterocycles. The smallest absolute Gasteiger partial charge is 0.0292 e. The van der Waals surface area contributed by atoms with Gasteiger partial charge in [0.2, 0.25) is 0 Å². The summed E-state index contributed by atoms with van der Waals surface area (Å²) in [5.74, 6) is 0.623. The van der Waals surface area contributed by atoms with Crippen molar-refractivity contribution in [3.05, 3.63) is 35.4 Å². The van der Waals surface area contributed by atoms with Crippen molar-refractivity contribution in [3.8, 4) is 0 Å². The minimum absolute atomic E-state index is 0.466. The summed E-state index contributed by atoms with van der Waals surface area (Å²) < 4.78 is 0. The molecule has 0 heterocycles. The molecule has 0 bridgehead atoms. The largest absolute Gasteiger partial charge is 0.310 e. The second kappa shape index (κ2) is 4.81. The van der Waals surface area contributed by atoms with Crippen LogP contribution in [0.5, 0.6) is 0 Å². The van der Waals surface area contributed by atoms with E-state index in [1.54, 1.807) is 0 Å². The summed E-state index contributed by atoms with van der Waals surface area (Å²) in [7, 11) is 0. The molecule has 1 N–H and O–H groups in total. The minimum Gasteiger partial charge on any atom is -0.310 e. The van der Waals surface area contributed by atoms with Crippen LogP contribution in [0.3, 0.4) is 0 Å². The maximum Gasteiger partial charge on any atom is 0.0292 e. The predicted molar refractivity (Wildman–Crippen MR) is 74.3 cm³/mol. The summed E-state index contributed by atoms with van der Waals surface area (Å²) in [6, 6.07) is 9.52. The van der Waals surface area contributed by atoms with E-state index in [1.165, 1.54) is 24.0 Å². The minimum atomic E-state index is 0.466. The first-order valence-electron chi connectivity index (χ1n) is 6.83. The number of nitrogens with one attached hydrogen (secondary N) is 1. The van der Waals surface area contributed by atoms with E-state index in [2.05, 4.69) is 57.3 Å². The molecule has 0 spiro atoms.